The number of benzene rings is 2. The van der Waals surface area contributed by atoms with Gasteiger partial charge in [-0.05, 0) is 42.2 Å². The molecule has 1 N–H and O–H groups in total. The van der Waals surface area contributed by atoms with E-state index in [-0.39, 0.29) is 5.75 Å². The summed E-state index contributed by atoms with van der Waals surface area (Å²) in [5.41, 5.74) is 1.71. The minimum Gasteiger partial charge on any atom is -0.339 e. The number of rotatable bonds is 7. The molecule has 1 fully saturated rings. The zero-order valence-electron chi connectivity index (χ0n) is 14.4. The Labute approximate surface area is 156 Å². The minimum atomic E-state index is -3.65. The predicted molar refractivity (Wildman–Crippen MR) is 98.2 cm³/mol. The van der Waals surface area contributed by atoms with Crippen molar-refractivity contribution in [2.75, 3.05) is 4.72 Å². The summed E-state index contributed by atoms with van der Waals surface area (Å²) in [5, 5.41) is 3.99. The summed E-state index contributed by atoms with van der Waals surface area (Å²) in [6.45, 7) is 0. The van der Waals surface area contributed by atoms with Crippen molar-refractivity contribution in [3.05, 3.63) is 77.2 Å². The van der Waals surface area contributed by atoms with Crippen LogP contribution in [0.2, 0.25) is 0 Å². The highest BCUT2D eigenvalue weighted by molar-refractivity contribution is 7.91. The first kappa shape index (κ1) is 17.7. The molecule has 0 unspecified atom stereocenters. The lowest BCUT2D eigenvalue weighted by molar-refractivity contribution is 0.379. The average molecular weight is 387 g/mol. The van der Waals surface area contributed by atoms with Crippen LogP contribution < -0.4 is 4.72 Å². The molecule has 140 valence electrons. The van der Waals surface area contributed by atoms with E-state index in [1.165, 1.54) is 24.3 Å². The summed E-state index contributed by atoms with van der Waals surface area (Å²) < 4.78 is 45.9. The van der Waals surface area contributed by atoms with Crippen molar-refractivity contribution in [2.24, 2.45) is 0 Å². The second-order valence-electron chi connectivity index (χ2n) is 6.64. The molecule has 1 aliphatic rings. The zero-order chi connectivity index (χ0) is 18.9. The van der Waals surface area contributed by atoms with Crippen LogP contribution in [-0.2, 0) is 22.2 Å². The van der Waals surface area contributed by atoms with Gasteiger partial charge in [0.25, 0.3) is 0 Å². The normalized spacial score (nSPS) is 14.3. The Kier molecular flexibility index (Phi) is 4.65. The van der Waals surface area contributed by atoms with Gasteiger partial charge in [-0.25, -0.2) is 12.8 Å². The lowest BCUT2D eigenvalue weighted by Gasteiger charge is -2.11. The molecule has 0 atom stereocenters. The average Bonchev–Trinajstić information content (AvgIpc) is 3.38. The maximum atomic E-state index is 13.0. The number of aromatic nitrogens is 2. The smallest absolute Gasteiger partial charge is 0.236 e. The van der Waals surface area contributed by atoms with E-state index >= 15 is 0 Å². The molecule has 0 spiro atoms. The highest BCUT2D eigenvalue weighted by Gasteiger charge is 2.28. The van der Waals surface area contributed by atoms with Gasteiger partial charge in [0.15, 0.2) is 5.82 Å². The fourth-order valence-electron chi connectivity index (χ4n) is 2.79. The number of sulfonamides is 1. The molecule has 2 aromatic carbocycles. The molecule has 1 aromatic heterocycles. The topological polar surface area (TPSA) is 85.1 Å². The molecule has 0 saturated heterocycles. The fraction of sp³-hybridized carbons (Fsp3) is 0.263. The zero-order valence-corrected chi connectivity index (χ0v) is 15.2. The van der Waals surface area contributed by atoms with E-state index in [4.69, 9.17) is 4.52 Å². The highest BCUT2D eigenvalue weighted by atomic mass is 32.2. The van der Waals surface area contributed by atoms with Crippen molar-refractivity contribution in [1.82, 2.24) is 10.1 Å². The van der Waals surface area contributed by atoms with Crippen LogP contribution in [0.5, 0.6) is 0 Å². The largest absolute Gasteiger partial charge is 0.339 e. The molecule has 0 amide bonds. The van der Waals surface area contributed by atoms with E-state index in [0.717, 1.165) is 24.2 Å². The molecule has 6 nitrogen and oxygen atoms in total. The molecule has 8 heteroatoms. The maximum absolute atomic E-state index is 13.0. The van der Waals surface area contributed by atoms with Crippen molar-refractivity contribution in [2.45, 2.75) is 30.9 Å². The number of halogens is 1. The first-order chi connectivity index (χ1) is 13.0. The van der Waals surface area contributed by atoms with Gasteiger partial charge >= 0.3 is 0 Å². The molecule has 0 radical (unpaired) electrons. The van der Waals surface area contributed by atoms with Crippen molar-refractivity contribution in [3.8, 4) is 0 Å². The lowest BCUT2D eigenvalue weighted by Crippen LogP contribution is -2.16. The van der Waals surface area contributed by atoms with Crippen molar-refractivity contribution in [1.29, 1.82) is 0 Å². The lowest BCUT2D eigenvalue weighted by atomic mass is 10.1. The van der Waals surface area contributed by atoms with Crippen molar-refractivity contribution < 1.29 is 17.3 Å². The second-order valence-corrected chi connectivity index (χ2v) is 8.36. The van der Waals surface area contributed by atoms with Crippen molar-refractivity contribution in [3.63, 3.8) is 0 Å². The van der Waals surface area contributed by atoms with Crippen molar-refractivity contribution >= 4 is 15.7 Å². The van der Waals surface area contributed by atoms with E-state index in [1.54, 1.807) is 12.1 Å². The van der Waals surface area contributed by atoms with Crippen LogP contribution in [0.3, 0.4) is 0 Å². The molecule has 27 heavy (non-hydrogen) atoms. The highest BCUT2D eigenvalue weighted by Crippen LogP contribution is 2.38. The Bertz CT molecular complexity index is 1040. The number of nitrogens with zero attached hydrogens (tertiary/aromatic N) is 2. The van der Waals surface area contributed by atoms with Gasteiger partial charge in [-0.15, -0.1) is 0 Å². The van der Waals surface area contributed by atoms with Gasteiger partial charge in [0, 0.05) is 5.92 Å². The summed E-state index contributed by atoms with van der Waals surface area (Å²) in [6.07, 6.45) is 2.51. The first-order valence-electron chi connectivity index (χ1n) is 8.64. The third-order valence-electron chi connectivity index (χ3n) is 4.32. The number of anilines is 1. The molecule has 1 saturated carbocycles. The fourth-order valence-corrected chi connectivity index (χ4v) is 4.03. The molecule has 3 aromatic rings. The van der Waals surface area contributed by atoms with Gasteiger partial charge in [0.05, 0.1) is 17.9 Å². The van der Waals surface area contributed by atoms with Crippen LogP contribution in [0.25, 0.3) is 0 Å². The van der Waals surface area contributed by atoms with Crippen LogP contribution in [-0.4, -0.2) is 18.6 Å². The summed E-state index contributed by atoms with van der Waals surface area (Å²) in [5.74, 6) is 0.932. The van der Waals surface area contributed by atoms with Crippen LogP contribution in [0.4, 0.5) is 10.1 Å². The molecule has 4 rings (SSSR count). The molecular formula is C19H18FN3O3S. The van der Waals surface area contributed by atoms with Gasteiger partial charge < -0.3 is 4.52 Å². The summed E-state index contributed by atoms with van der Waals surface area (Å²) in [4.78, 5) is 4.39. The number of hydrogen-bond donors (Lipinski definition) is 1. The molecular weight excluding hydrogens is 369 g/mol. The Balaban J connectivity index is 1.50. The van der Waals surface area contributed by atoms with E-state index < -0.39 is 15.8 Å². The summed E-state index contributed by atoms with van der Waals surface area (Å²) in [7, 11) is -3.65. The molecule has 1 aliphatic carbocycles. The van der Waals surface area contributed by atoms with E-state index in [2.05, 4.69) is 14.9 Å². The van der Waals surface area contributed by atoms with E-state index in [0.29, 0.717) is 29.5 Å². The maximum Gasteiger partial charge on any atom is 0.236 e. The predicted octanol–water partition coefficient (Wildman–Crippen LogP) is 3.62. The molecule has 1 heterocycles. The first-order valence-corrected chi connectivity index (χ1v) is 10.3. The van der Waals surface area contributed by atoms with Gasteiger partial charge in [0.1, 0.15) is 5.82 Å². The Morgan fingerprint density at radius 1 is 1.11 bits per heavy atom. The number of nitrogens with one attached hydrogen (secondary N) is 1. The van der Waals surface area contributed by atoms with Crippen LogP contribution >= 0.6 is 0 Å². The Morgan fingerprint density at radius 2 is 1.85 bits per heavy atom. The van der Waals surface area contributed by atoms with Crippen LogP contribution in [0.1, 0.15) is 41.6 Å². The molecule has 0 bridgehead atoms. The Morgan fingerprint density at radius 3 is 2.59 bits per heavy atom. The monoisotopic (exact) mass is 387 g/mol. The van der Waals surface area contributed by atoms with Gasteiger partial charge in [-0.3, -0.25) is 4.72 Å². The van der Waals surface area contributed by atoms with Gasteiger partial charge in [0.2, 0.25) is 15.9 Å². The van der Waals surface area contributed by atoms with Gasteiger partial charge in [-0.2, -0.15) is 4.98 Å². The van der Waals surface area contributed by atoms with Crippen LogP contribution in [0.15, 0.2) is 53.1 Å². The summed E-state index contributed by atoms with van der Waals surface area (Å²) in [6, 6.07) is 12.5. The molecule has 0 aliphatic heterocycles. The SMILES string of the molecule is O=S(=O)(Cc1ccc(F)cc1)Nc1ccccc1Cc1nc(C2CC2)no1. The number of para-hydroxylation sites is 1. The van der Waals surface area contributed by atoms with E-state index in [1.807, 2.05) is 12.1 Å². The third-order valence-corrected chi connectivity index (χ3v) is 5.57. The second kappa shape index (κ2) is 7.11. The Hall–Kier alpha value is -2.74. The quantitative estimate of drug-likeness (QED) is 0.669. The van der Waals surface area contributed by atoms with E-state index in [9.17, 15) is 12.8 Å². The standard InChI is InChI=1S/C19H18FN3O3S/c20-16-9-5-13(6-10-16)12-27(24,25)23-17-4-2-1-3-15(17)11-18-21-19(22-26-18)14-7-8-14/h1-6,9-10,14,23H,7-8,11-12H2. The minimum absolute atomic E-state index is 0.242. The summed E-state index contributed by atoms with van der Waals surface area (Å²) >= 11 is 0. The van der Waals surface area contributed by atoms with Crippen LogP contribution in [0, 0.1) is 5.82 Å². The van der Waals surface area contributed by atoms with Gasteiger partial charge in [-0.1, -0.05) is 35.5 Å². The third kappa shape index (κ3) is 4.51. The number of hydrogen-bond acceptors (Lipinski definition) is 5.